The van der Waals surface area contributed by atoms with Crippen LogP contribution in [-0.2, 0) is 0 Å². The molecule has 0 saturated carbocycles. The van der Waals surface area contributed by atoms with Crippen LogP contribution in [-0.4, -0.2) is 6.54 Å². The Kier molecular flexibility index (Phi) is 4.14. The molecule has 0 aromatic carbocycles. The molecule has 0 aliphatic heterocycles. The van der Waals surface area contributed by atoms with E-state index in [1.165, 1.54) is 0 Å². The fourth-order valence-electron chi connectivity index (χ4n) is 1.25. The topological polar surface area (TPSA) is 25.2 Å². The van der Waals surface area contributed by atoms with Crippen LogP contribution in [0.15, 0.2) is 22.8 Å². The van der Waals surface area contributed by atoms with Crippen molar-refractivity contribution < 1.29 is 4.42 Å². The third-order valence-corrected chi connectivity index (χ3v) is 1.95. The largest absolute Gasteiger partial charge is 0.468 e. The van der Waals surface area contributed by atoms with Gasteiger partial charge in [-0.05, 0) is 18.6 Å². The average molecular weight is 177 g/mol. The monoisotopic (exact) mass is 177 g/mol. The maximum atomic E-state index is 5.30. The maximum absolute atomic E-state index is 5.30. The first-order chi connectivity index (χ1) is 6.38. The summed E-state index contributed by atoms with van der Waals surface area (Å²) < 4.78 is 5.30. The van der Waals surface area contributed by atoms with Crippen molar-refractivity contribution in [2.75, 3.05) is 6.54 Å². The van der Waals surface area contributed by atoms with Crippen molar-refractivity contribution in [3.63, 3.8) is 0 Å². The molecule has 0 saturated heterocycles. The summed E-state index contributed by atoms with van der Waals surface area (Å²) in [5.74, 6) is 3.58. The molecule has 1 N–H and O–H groups in total. The molecule has 2 nitrogen and oxygen atoms in total. The van der Waals surface area contributed by atoms with E-state index in [2.05, 4.69) is 18.2 Å². The van der Waals surface area contributed by atoms with Crippen molar-refractivity contribution in [2.24, 2.45) is 0 Å². The lowest BCUT2D eigenvalue weighted by Gasteiger charge is -2.12. The van der Waals surface area contributed by atoms with Gasteiger partial charge in [-0.2, -0.15) is 0 Å². The van der Waals surface area contributed by atoms with E-state index in [0.717, 1.165) is 25.1 Å². The molecule has 1 heterocycles. The standard InChI is InChI=1S/C11H15NO/c1-3-5-8-12-10(4-2)11-7-6-9-13-11/h1,6-7,9-10,12H,4-5,8H2,2H3. The van der Waals surface area contributed by atoms with Gasteiger partial charge in [-0.3, -0.25) is 0 Å². The van der Waals surface area contributed by atoms with Gasteiger partial charge in [0.1, 0.15) is 5.76 Å². The van der Waals surface area contributed by atoms with E-state index < -0.39 is 0 Å². The molecule has 1 rings (SSSR count). The van der Waals surface area contributed by atoms with Gasteiger partial charge in [-0.1, -0.05) is 6.92 Å². The van der Waals surface area contributed by atoms with E-state index in [4.69, 9.17) is 10.8 Å². The SMILES string of the molecule is C#CCCNC(CC)c1ccco1. The van der Waals surface area contributed by atoms with Crippen LogP contribution in [0.5, 0.6) is 0 Å². The summed E-state index contributed by atoms with van der Waals surface area (Å²) in [5, 5.41) is 3.34. The highest BCUT2D eigenvalue weighted by Gasteiger charge is 2.09. The molecule has 0 spiro atoms. The van der Waals surface area contributed by atoms with Crippen LogP contribution in [0.4, 0.5) is 0 Å². The molecule has 0 aliphatic carbocycles. The minimum atomic E-state index is 0.295. The summed E-state index contributed by atoms with van der Waals surface area (Å²) in [7, 11) is 0. The van der Waals surface area contributed by atoms with Crippen LogP contribution in [0.25, 0.3) is 0 Å². The van der Waals surface area contributed by atoms with E-state index in [-0.39, 0.29) is 0 Å². The Hall–Kier alpha value is -1.20. The first kappa shape index (κ1) is 9.88. The third kappa shape index (κ3) is 2.96. The molecule has 70 valence electrons. The van der Waals surface area contributed by atoms with Gasteiger partial charge >= 0.3 is 0 Å². The molecular formula is C11H15NO. The Morgan fingerprint density at radius 3 is 3.08 bits per heavy atom. The fourth-order valence-corrected chi connectivity index (χ4v) is 1.25. The summed E-state index contributed by atoms with van der Waals surface area (Å²) in [4.78, 5) is 0. The number of furan rings is 1. The number of nitrogens with one attached hydrogen (secondary N) is 1. The summed E-state index contributed by atoms with van der Waals surface area (Å²) >= 11 is 0. The van der Waals surface area contributed by atoms with Crippen molar-refractivity contribution in [1.29, 1.82) is 0 Å². The second-order valence-corrected chi connectivity index (χ2v) is 2.88. The van der Waals surface area contributed by atoms with Gasteiger partial charge in [0.05, 0.1) is 12.3 Å². The highest BCUT2D eigenvalue weighted by atomic mass is 16.3. The summed E-state index contributed by atoms with van der Waals surface area (Å²) in [6, 6.07) is 4.18. The lowest BCUT2D eigenvalue weighted by Crippen LogP contribution is -2.21. The first-order valence-electron chi connectivity index (χ1n) is 4.58. The maximum Gasteiger partial charge on any atom is 0.120 e. The Morgan fingerprint density at radius 1 is 1.69 bits per heavy atom. The lowest BCUT2D eigenvalue weighted by molar-refractivity contribution is 0.407. The van der Waals surface area contributed by atoms with E-state index >= 15 is 0 Å². The zero-order chi connectivity index (χ0) is 9.52. The highest BCUT2D eigenvalue weighted by molar-refractivity contribution is 5.04. The van der Waals surface area contributed by atoms with E-state index in [9.17, 15) is 0 Å². The fraction of sp³-hybridized carbons (Fsp3) is 0.455. The van der Waals surface area contributed by atoms with E-state index in [0.29, 0.717) is 6.04 Å². The minimum absolute atomic E-state index is 0.295. The second kappa shape index (κ2) is 5.45. The van der Waals surface area contributed by atoms with Crippen molar-refractivity contribution in [3.8, 4) is 12.3 Å². The van der Waals surface area contributed by atoms with Crippen LogP contribution < -0.4 is 5.32 Å². The molecule has 13 heavy (non-hydrogen) atoms. The predicted molar refractivity (Wildman–Crippen MR) is 53.2 cm³/mol. The van der Waals surface area contributed by atoms with Crippen LogP contribution >= 0.6 is 0 Å². The Bertz CT molecular complexity index is 258. The molecule has 0 bridgehead atoms. The number of hydrogen-bond donors (Lipinski definition) is 1. The van der Waals surface area contributed by atoms with Gasteiger partial charge in [0.2, 0.25) is 0 Å². The lowest BCUT2D eigenvalue weighted by atomic mass is 10.1. The smallest absolute Gasteiger partial charge is 0.120 e. The normalized spacial score (nSPS) is 12.3. The van der Waals surface area contributed by atoms with Gasteiger partial charge < -0.3 is 9.73 Å². The van der Waals surface area contributed by atoms with Gasteiger partial charge in [0, 0.05) is 13.0 Å². The van der Waals surface area contributed by atoms with Crippen molar-refractivity contribution in [3.05, 3.63) is 24.2 Å². The van der Waals surface area contributed by atoms with Crippen molar-refractivity contribution in [2.45, 2.75) is 25.8 Å². The summed E-state index contributed by atoms with van der Waals surface area (Å²) in [6.07, 6.45) is 8.63. The van der Waals surface area contributed by atoms with E-state index in [1.807, 2.05) is 12.1 Å². The quantitative estimate of drug-likeness (QED) is 0.551. The molecule has 1 atom stereocenters. The molecule has 0 aliphatic rings. The van der Waals surface area contributed by atoms with Gasteiger partial charge in [-0.25, -0.2) is 0 Å². The molecule has 0 amide bonds. The molecular weight excluding hydrogens is 162 g/mol. The molecule has 1 aromatic heterocycles. The second-order valence-electron chi connectivity index (χ2n) is 2.88. The number of rotatable bonds is 5. The van der Waals surface area contributed by atoms with E-state index in [1.54, 1.807) is 6.26 Å². The van der Waals surface area contributed by atoms with Crippen LogP contribution in [0, 0.1) is 12.3 Å². The molecule has 0 fully saturated rings. The molecule has 1 aromatic rings. The van der Waals surface area contributed by atoms with Gasteiger partial charge in [0.15, 0.2) is 0 Å². The van der Waals surface area contributed by atoms with Crippen LogP contribution in [0.3, 0.4) is 0 Å². The summed E-state index contributed by atoms with van der Waals surface area (Å²) in [5.41, 5.74) is 0. The average Bonchev–Trinajstić information content (AvgIpc) is 2.65. The van der Waals surface area contributed by atoms with Crippen LogP contribution in [0.2, 0.25) is 0 Å². The first-order valence-corrected chi connectivity index (χ1v) is 4.58. The Morgan fingerprint density at radius 2 is 2.54 bits per heavy atom. The predicted octanol–water partition coefficient (Wildman–Crippen LogP) is 2.34. The number of terminal acetylenes is 1. The molecule has 0 radical (unpaired) electrons. The summed E-state index contributed by atoms with van der Waals surface area (Å²) in [6.45, 7) is 2.96. The Balaban J connectivity index is 2.41. The van der Waals surface area contributed by atoms with Gasteiger partial charge in [0.25, 0.3) is 0 Å². The number of hydrogen-bond acceptors (Lipinski definition) is 2. The van der Waals surface area contributed by atoms with Crippen molar-refractivity contribution >= 4 is 0 Å². The minimum Gasteiger partial charge on any atom is -0.468 e. The zero-order valence-corrected chi connectivity index (χ0v) is 7.92. The van der Waals surface area contributed by atoms with Crippen LogP contribution in [0.1, 0.15) is 31.6 Å². The van der Waals surface area contributed by atoms with Gasteiger partial charge in [-0.15, -0.1) is 12.3 Å². The highest BCUT2D eigenvalue weighted by Crippen LogP contribution is 2.16. The molecule has 2 heteroatoms. The van der Waals surface area contributed by atoms with Crippen molar-refractivity contribution in [1.82, 2.24) is 5.32 Å². The zero-order valence-electron chi connectivity index (χ0n) is 7.92. The molecule has 1 unspecified atom stereocenters. The Labute approximate surface area is 79.3 Å². The third-order valence-electron chi connectivity index (χ3n) is 1.95.